The van der Waals surface area contributed by atoms with Crippen molar-refractivity contribution in [3.05, 3.63) is 59.2 Å². The number of anilines is 1. The molecule has 0 fully saturated rings. The van der Waals surface area contributed by atoms with Crippen LogP contribution in [0.1, 0.15) is 30.5 Å². The van der Waals surface area contributed by atoms with E-state index in [0.29, 0.717) is 23.9 Å². The van der Waals surface area contributed by atoms with Gasteiger partial charge in [-0.15, -0.1) is 0 Å². The maximum atomic E-state index is 11.8. The number of carbonyl (C=O) groups excluding carboxylic acids is 1. The second-order valence-corrected chi connectivity index (χ2v) is 9.59. The zero-order valence-electron chi connectivity index (χ0n) is 18.6. The summed E-state index contributed by atoms with van der Waals surface area (Å²) >= 11 is 0. The van der Waals surface area contributed by atoms with Crippen LogP contribution < -0.4 is 21.3 Å². The first-order chi connectivity index (χ1) is 14.6. The predicted octanol–water partition coefficient (Wildman–Crippen LogP) is 2.79. The topological polar surface area (TPSA) is 112 Å². The van der Waals surface area contributed by atoms with Crippen LogP contribution in [0.25, 0.3) is 0 Å². The number of hydrogen-bond donors (Lipinski definition) is 4. The number of benzene rings is 2. The summed E-state index contributed by atoms with van der Waals surface area (Å²) in [6.07, 6.45) is 1.21. The molecule has 0 aliphatic heterocycles. The Hall–Kier alpha value is -3.07. The molecule has 2 aromatic rings. The monoisotopic (exact) mass is 445 g/mol. The molecule has 2 aromatic carbocycles. The van der Waals surface area contributed by atoms with E-state index in [4.69, 9.17) is 0 Å². The molecule has 168 valence electrons. The van der Waals surface area contributed by atoms with E-state index in [9.17, 15) is 13.2 Å². The van der Waals surface area contributed by atoms with Gasteiger partial charge in [-0.2, -0.15) is 0 Å². The number of sulfone groups is 1. The molecule has 0 unspecified atom stereocenters. The Morgan fingerprint density at radius 1 is 1.00 bits per heavy atom. The van der Waals surface area contributed by atoms with Gasteiger partial charge in [-0.25, -0.2) is 13.2 Å². The van der Waals surface area contributed by atoms with Gasteiger partial charge < -0.3 is 21.3 Å². The van der Waals surface area contributed by atoms with E-state index >= 15 is 0 Å². The molecular formula is C22H31N5O3S. The Bertz CT molecular complexity index is 1030. The molecule has 0 saturated heterocycles. The number of aryl methyl sites for hydroxylation is 1. The highest BCUT2D eigenvalue weighted by atomic mass is 32.2. The molecule has 31 heavy (non-hydrogen) atoms. The van der Waals surface area contributed by atoms with Gasteiger partial charge in [0.05, 0.1) is 4.90 Å². The molecule has 0 aliphatic carbocycles. The van der Waals surface area contributed by atoms with Gasteiger partial charge in [0, 0.05) is 38.1 Å². The summed E-state index contributed by atoms with van der Waals surface area (Å²) in [5.74, 6) is 0.628. The van der Waals surface area contributed by atoms with E-state index in [-0.39, 0.29) is 12.1 Å². The Labute approximate surface area is 184 Å². The zero-order chi connectivity index (χ0) is 23.0. The molecule has 0 atom stereocenters. The van der Waals surface area contributed by atoms with Gasteiger partial charge in [0.2, 0.25) is 0 Å². The SMILES string of the molecule is CN=C(NCc1ccc(NC(=O)NC(C)C)cc1)NCc1ccc(S(C)(=O)=O)c(C)c1. The van der Waals surface area contributed by atoms with Gasteiger partial charge in [-0.1, -0.05) is 24.3 Å². The Kier molecular flexibility index (Phi) is 8.44. The standard InChI is InChI=1S/C22H31N5O3S/c1-15(2)26-22(28)27-19-9-6-17(7-10-19)13-24-21(23-4)25-14-18-8-11-20(16(3)12-18)31(5,29)30/h6-12,15H,13-14H2,1-5H3,(H2,23,24,25)(H2,26,27,28). The van der Waals surface area contributed by atoms with Gasteiger partial charge in [-0.05, 0) is 55.7 Å². The highest BCUT2D eigenvalue weighted by Crippen LogP contribution is 2.16. The van der Waals surface area contributed by atoms with E-state index in [1.165, 1.54) is 6.26 Å². The van der Waals surface area contributed by atoms with Crippen molar-refractivity contribution < 1.29 is 13.2 Å². The third-order valence-electron chi connectivity index (χ3n) is 4.41. The van der Waals surface area contributed by atoms with Crippen molar-refractivity contribution in [2.75, 3.05) is 18.6 Å². The van der Waals surface area contributed by atoms with E-state index < -0.39 is 9.84 Å². The minimum atomic E-state index is -3.22. The lowest BCUT2D eigenvalue weighted by Crippen LogP contribution is -2.36. The van der Waals surface area contributed by atoms with Crippen LogP contribution in [-0.2, 0) is 22.9 Å². The first-order valence-corrected chi connectivity index (χ1v) is 11.9. The first-order valence-electron chi connectivity index (χ1n) is 9.99. The van der Waals surface area contributed by atoms with E-state index in [1.54, 1.807) is 26.1 Å². The van der Waals surface area contributed by atoms with Crippen LogP contribution in [0.15, 0.2) is 52.4 Å². The molecular weight excluding hydrogens is 414 g/mol. The minimum Gasteiger partial charge on any atom is -0.352 e. The van der Waals surface area contributed by atoms with E-state index in [1.807, 2.05) is 44.2 Å². The fourth-order valence-corrected chi connectivity index (χ4v) is 3.92. The van der Waals surface area contributed by atoms with Crippen molar-refractivity contribution in [1.82, 2.24) is 16.0 Å². The fourth-order valence-electron chi connectivity index (χ4n) is 2.96. The van der Waals surface area contributed by atoms with Crippen LogP contribution in [0.3, 0.4) is 0 Å². The van der Waals surface area contributed by atoms with Crippen molar-refractivity contribution in [1.29, 1.82) is 0 Å². The number of hydrogen-bond acceptors (Lipinski definition) is 4. The maximum absolute atomic E-state index is 11.8. The average molecular weight is 446 g/mol. The summed E-state index contributed by atoms with van der Waals surface area (Å²) < 4.78 is 23.5. The summed E-state index contributed by atoms with van der Waals surface area (Å²) in [6, 6.07) is 12.7. The molecule has 9 heteroatoms. The Balaban J connectivity index is 1.87. The van der Waals surface area contributed by atoms with Crippen LogP contribution in [-0.4, -0.2) is 39.8 Å². The van der Waals surface area contributed by atoms with Crippen molar-refractivity contribution >= 4 is 27.5 Å². The molecule has 0 heterocycles. The summed E-state index contributed by atoms with van der Waals surface area (Å²) in [7, 11) is -1.54. The van der Waals surface area contributed by atoms with Crippen molar-refractivity contribution in [3.63, 3.8) is 0 Å². The molecule has 4 N–H and O–H groups in total. The largest absolute Gasteiger partial charge is 0.352 e. The maximum Gasteiger partial charge on any atom is 0.319 e. The number of rotatable bonds is 7. The molecule has 0 spiro atoms. The molecule has 2 amide bonds. The van der Waals surface area contributed by atoms with Crippen LogP contribution in [0, 0.1) is 6.92 Å². The number of nitrogens with zero attached hydrogens (tertiary/aromatic N) is 1. The molecule has 2 rings (SSSR count). The predicted molar refractivity (Wildman–Crippen MR) is 125 cm³/mol. The molecule has 0 bridgehead atoms. The summed E-state index contributed by atoms with van der Waals surface area (Å²) in [6.45, 7) is 6.67. The quantitative estimate of drug-likeness (QED) is 0.387. The van der Waals surface area contributed by atoms with Crippen LogP contribution in [0.2, 0.25) is 0 Å². The van der Waals surface area contributed by atoms with Gasteiger partial charge in [0.1, 0.15) is 0 Å². The smallest absolute Gasteiger partial charge is 0.319 e. The number of aliphatic imine (C=N–C) groups is 1. The molecule has 0 aliphatic rings. The van der Waals surface area contributed by atoms with Crippen molar-refractivity contribution in [2.24, 2.45) is 4.99 Å². The third-order valence-corrected chi connectivity index (χ3v) is 5.67. The van der Waals surface area contributed by atoms with Gasteiger partial charge in [-0.3, -0.25) is 4.99 Å². The lowest BCUT2D eigenvalue weighted by molar-refractivity contribution is 0.250. The number of guanidine groups is 1. The van der Waals surface area contributed by atoms with Crippen molar-refractivity contribution in [2.45, 2.75) is 44.8 Å². The van der Waals surface area contributed by atoms with E-state index in [0.717, 1.165) is 22.4 Å². The molecule has 0 aromatic heterocycles. The van der Waals surface area contributed by atoms with E-state index in [2.05, 4.69) is 26.3 Å². The second kappa shape index (κ2) is 10.8. The normalized spacial score (nSPS) is 11.9. The Morgan fingerprint density at radius 3 is 2.10 bits per heavy atom. The highest BCUT2D eigenvalue weighted by Gasteiger charge is 2.11. The van der Waals surface area contributed by atoms with Gasteiger partial charge in [0.15, 0.2) is 15.8 Å². The van der Waals surface area contributed by atoms with Crippen molar-refractivity contribution in [3.8, 4) is 0 Å². The zero-order valence-corrected chi connectivity index (χ0v) is 19.4. The summed E-state index contributed by atoms with van der Waals surface area (Å²) in [4.78, 5) is 16.3. The number of urea groups is 1. The lowest BCUT2D eigenvalue weighted by Gasteiger charge is -2.14. The summed E-state index contributed by atoms with van der Waals surface area (Å²) in [5.41, 5.74) is 3.44. The van der Waals surface area contributed by atoms with Gasteiger partial charge >= 0.3 is 6.03 Å². The molecule has 0 saturated carbocycles. The number of amides is 2. The number of nitrogens with one attached hydrogen (secondary N) is 4. The first kappa shape index (κ1) is 24.2. The lowest BCUT2D eigenvalue weighted by atomic mass is 10.1. The summed E-state index contributed by atoms with van der Waals surface area (Å²) in [5, 5.41) is 12.0. The Morgan fingerprint density at radius 2 is 1.58 bits per heavy atom. The van der Waals surface area contributed by atoms with Gasteiger partial charge in [0.25, 0.3) is 0 Å². The minimum absolute atomic E-state index is 0.0734. The average Bonchev–Trinajstić information content (AvgIpc) is 2.67. The number of carbonyl (C=O) groups is 1. The molecule has 0 radical (unpaired) electrons. The third kappa shape index (κ3) is 7.93. The van der Waals surface area contributed by atoms with Crippen LogP contribution in [0.4, 0.5) is 10.5 Å². The highest BCUT2D eigenvalue weighted by molar-refractivity contribution is 7.90. The van der Waals surface area contributed by atoms with Crippen LogP contribution in [0.5, 0.6) is 0 Å². The fraction of sp³-hybridized carbons (Fsp3) is 0.364. The van der Waals surface area contributed by atoms with Crippen LogP contribution >= 0.6 is 0 Å². The second-order valence-electron chi connectivity index (χ2n) is 7.60. The molecule has 8 nitrogen and oxygen atoms in total.